The Morgan fingerprint density at radius 1 is 1.03 bits per heavy atom. The summed E-state index contributed by atoms with van der Waals surface area (Å²) < 4.78 is 11.4. The number of nitrogens with zero attached hydrogens (tertiary/aromatic N) is 1. The van der Waals surface area contributed by atoms with Crippen LogP contribution in [-0.4, -0.2) is 22.6 Å². The molecule has 0 unspecified atom stereocenters. The van der Waals surface area contributed by atoms with Crippen molar-refractivity contribution >= 4 is 34.3 Å². The molecule has 1 aromatic heterocycles. The molecule has 3 aromatic carbocycles. The average molecular weight is 451 g/mol. The molecule has 6 nitrogen and oxygen atoms in total. The van der Waals surface area contributed by atoms with E-state index in [1.165, 1.54) is 6.07 Å². The van der Waals surface area contributed by atoms with Crippen molar-refractivity contribution in [2.75, 3.05) is 11.9 Å². The molecule has 0 saturated carbocycles. The number of ether oxygens (including phenoxy) is 1. The Morgan fingerprint density at radius 2 is 1.72 bits per heavy atom. The predicted molar refractivity (Wildman–Crippen MR) is 126 cm³/mol. The third-order valence-corrected chi connectivity index (χ3v) is 5.89. The summed E-state index contributed by atoms with van der Waals surface area (Å²) in [7, 11) is 0. The number of phenolic OH excluding ortho intramolecular Hbond substituents is 1. The number of benzene rings is 3. The van der Waals surface area contributed by atoms with Crippen molar-refractivity contribution in [1.82, 2.24) is 4.98 Å². The highest BCUT2D eigenvalue weighted by molar-refractivity contribution is 6.32. The average Bonchev–Trinajstić information content (AvgIpc) is 3.13. The van der Waals surface area contributed by atoms with Crippen LogP contribution in [0.5, 0.6) is 11.5 Å². The van der Waals surface area contributed by atoms with E-state index in [0.29, 0.717) is 33.5 Å². The highest BCUT2D eigenvalue weighted by Crippen LogP contribution is 2.34. The van der Waals surface area contributed by atoms with Crippen molar-refractivity contribution < 1.29 is 19.1 Å². The van der Waals surface area contributed by atoms with Gasteiger partial charge < -0.3 is 19.6 Å². The fourth-order valence-electron chi connectivity index (χ4n) is 3.42. The SMILES string of the molecule is Cc1cc2nc(-c3ccc(NC(=O)COc4cc(C)c(Cl)c(C)c4)cc3O)oc2cc1C. The maximum Gasteiger partial charge on any atom is 0.262 e. The van der Waals surface area contributed by atoms with Crippen LogP contribution < -0.4 is 10.1 Å². The monoisotopic (exact) mass is 450 g/mol. The second-order valence-corrected chi connectivity index (χ2v) is 8.24. The zero-order chi connectivity index (χ0) is 23.0. The van der Waals surface area contributed by atoms with Crippen LogP contribution >= 0.6 is 11.6 Å². The third-order valence-electron chi connectivity index (χ3n) is 5.30. The van der Waals surface area contributed by atoms with E-state index in [9.17, 15) is 9.90 Å². The molecule has 0 aliphatic heterocycles. The molecule has 2 N–H and O–H groups in total. The van der Waals surface area contributed by atoms with Crippen LogP contribution in [0, 0.1) is 27.7 Å². The van der Waals surface area contributed by atoms with Gasteiger partial charge in [-0.2, -0.15) is 0 Å². The molecule has 1 heterocycles. The van der Waals surface area contributed by atoms with Gasteiger partial charge in [-0.3, -0.25) is 4.79 Å². The summed E-state index contributed by atoms with van der Waals surface area (Å²) in [4.78, 5) is 16.8. The summed E-state index contributed by atoms with van der Waals surface area (Å²) in [6, 6.07) is 12.2. The molecule has 4 rings (SSSR count). The number of hydrogen-bond acceptors (Lipinski definition) is 5. The van der Waals surface area contributed by atoms with Gasteiger partial charge in [0.25, 0.3) is 5.91 Å². The first-order chi connectivity index (χ1) is 15.2. The summed E-state index contributed by atoms with van der Waals surface area (Å²) in [5, 5.41) is 13.9. The number of oxazole rings is 1. The van der Waals surface area contributed by atoms with Gasteiger partial charge in [0.2, 0.25) is 5.89 Å². The number of phenols is 1. The second kappa shape index (κ2) is 8.55. The number of aryl methyl sites for hydroxylation is 4. The van der Waals surface area contributed by atoms with Gasteiger partial charge in [0.15, 0.2) is 12.2 Å². The Balaban J connectivity index is 1.46. The molecular weight excluding hydrogens is 428 g/mol. The minimum absolute atomic E-state index is 0.0485. The van der Waals surface area contributed by atoms with Crippen molar-refractivity contribution in [3.05, 3.63) is 69.7 Å². The zero-order valence-corrected chi connectivity index (χ0v) is 19.0. The first kappa shape index (κ1) is 21.7. The summed E-state index contributed by atoms with van der Waals surface area (Å²) >= 11 is 6.16. The van der Waals surface area contributed by atoms with Gasteiger partial charge >= 0.3 is 0 Å². The number of aromatic hydroxyl groups is 1. The lowest BCUT2D eigenvalue weighted by Crippen LogP contribution is -2.20. The van der Waals surface area contributed by atoms with Crippen molar-refractivity contribution in [2.24, 2.45) is 0 Å². The topological polar surface area (TPSA) is 84.6 Å². The first-order valence-corrected chi connectivity index (χ1v) is 10.5. The lowest BCUT2D eigenvalue weighted by Gasteiger charge is -2.11. The Hall–Kier alpha value is -3.51. The molecule has 0 radical (unpaired) electrons. The number of carbonyl (C=O) groups is 1. The maximum atomic E-state index is 12.3. The van der Waals surface area contributed by atoms with Gasteiger partial charge in [0, 0.05) is 16.8 Å². The van der Waals surface area contributed by atoms with Crippen molar-refractivity contribution in [3.8, 4) is 23.0 Å². The fraction of sp³-hybridized carbons (Fsp3) is 0.200. The summed E-state index contributed by atoms with van der Waals surface area (Å²) in [5.74, 6) is 0.485. The number of anilines is 1. The van der Waals surface area contributed by atoms with E-state index in [1.54, 1.807) is 24.3 Å². The highest BCUT2D eigenvalue weighted by Gasteiger charge is 2.15. The van der Waals surface area contributed by atoms with Gasteiger partial charge in [-0.05, 0) is 86.3 Å². The van der Waals surface area contributed by atoms with Crippen LogP contribution in [0.3, 0.4) is 0 Å². The van der Waals surface area contributed by atoms with Gasteiger partial charge in [0.1, 0.15) is 17.0 Å². The summed E-state index contributed by atoms with van der Waals surface area (Å²) in [6.45, 7) is 7.60. The second-order valence-electron chi connectivity index (χ2n) is 7.86. The lowest BCUT2D eigenvalue weighted by molar-refractivity contribution is -0.118. The smallest absolute Gasteiger partial charge is 0.262 e. The molecule has 0 atom stereocenters. The van der Waals surface area contributed by atoms with Crippen LogP contribution in [0.1, 0.15) is 22.3 Å². The minimum Gasteiger partial charge on any atom is -0.507 e. The van der Waals surface area contributed by atoms with Crippen LogP contribution in [-0.2, 0) is 4.79 Å². The number of nitrogens with one attached hydrogen (secondary N) is 1. The number of amides is 1. The molecule has 0 saturated heterocycles. The third kappa shape index (κ3) is 4.41. The van der Waals surface area contributed by atoms with E-state index >= 15 is 0 Å². The zero-order valence-electron chi connectivity index (χ0n) is 18.2. The Kier molecular flexibility index (Phi) is 5.80. The van der Waals surface area contributed by atoms with E-state index in [2.05, 4.69) is 10.3 Å². The molecule has 0 fully saturated rings. The van der Waals surface area contributed by atoms with Crippen LogP contribution in [0.15, 0.2) is 46.9 Å². The van der Waals surface area contributed by atoms with Gasteiger partial charge in [-0.1, -0.05) is 11.6 Å². The van der Waals surface area contributed by atoms with E-state index in [4.69, 9.17) is 20.8 Å². The molecule has 4 aromatic rings. The Labute approximate surface area is 190 Å². The van der Waals surface area contributed by atoms with E-state index < -0.39 is 0 Å². The lowest BCUT2D eigenvalue weighted by atomic mass is 10.1. The number of aromatic nitrogens is 1. The van der Waals surface area contributed by atoms with E-state index in [1.807, 2.05) is 39.8 Å². The molecule has 32 heavy (non-hydrogen) atoms. The molecule has 0 bridgehead atoms. The van der Waals surface area contributed by atoms with Crippen LogP contribution in [0.25, 0.3) is 22.6 Å². The van der Waals surface area contributed by atoms with Gasteiger partial charge in [-0.15, -0.1) is 0 Å². The Morgan fingerprint density at radius 3 is 2.41 bits per heavy atom. The van der Waals surface area contributed by atoms with Crippen molar-refractivity contribution in [2.45, 2.75) is 27.7 Å². The predicted octanol–water partition coefficient (Wildman–Crippen LogP) is 6.10. The molecule has 0 aliphatic carbocycles. The molecule has 1 amide bonds. The van der Waals surface area contributed by atoms with E-state index in [0.717, 1.165) is 27.8 Å². The standard InChI is InChI=1S/C25H23ClN2O4/c1-13-9-20-22(10-14(13)2)32-25(28-20)19-6-5-17(11-21(19)29)27-23(30)12-31-18-7-15(3)24(26)16(4)8-18/h5-11,29H,12H2,1-4H3,(H,27,30). The van der Waals surface area contributed by atoms with Gasteiger partial charge in [0.05, 0.1) is 5.56 Å². The Bertz CT molecular complexity index is 1280. The maximum absolute atomic E-state index is 12.3. The summed E-state index contributed by atoms with van der Waals surface area (Å²) in [6.07, 6.45) is 0. The number of hydrogen-bond donors (Lipinski definition) is 2. The van der Waals surface area contributed by atoms with E-state index in [-0.39, 0.29) is 18.3 Å². The van der Waals surface area contributed by atoms with Crippen molar-refractivity contribution in [3.63, 3.8) is 0 Å². The molecule has 164 valence electrons. The number of halogens is 1. The largest absolute Gasteiger partial charge is 0.507 e. The van der Waals surface area contributed by atoms with Crippen molar-refractivity contribution in [1.29, 1.82) is 0 Å². The quantitative estimate of drug-likeness (QED) is 0.383. The fourth-order valence-corrected chi connectivity index (χ4v) is 3.53. The normalized spacial score (nSPS) is 11.0. The molecule has 7 heteroatoms. The van der Waals surface area contributed by atoms with Crippen LogP contribution in [0.2, 0.25) is 5.02 Å². The number of fused-ring (bicyclic) bond motifs is 1. The molecule has 0 aliphatic rings. The minimum atomic E-state index is -0.352. The number of rotatable bonds is 5. The number of carbonyl (C=O) groups excluding carboxylic acids is 1. The van der Waals surface area contributed by atoms with Gasteiger partial charge in [-0.25, -0.2) is 4.98 Å². The summed E-state index contributed by atoms with van der Waals surface area (Å²) in [5.41, 5.74) is 6.25. The highest BCUT2D eigenvalue weighted by atomic mass is 35.5. The first-order valence-electron chi connectivity index (χ1n) is 10.1. The molecular formula is C25H23ClN2O4. The van der Waals surface area contributed by atoms with Crippen LogP contribution in [0.4, 0.5) is 5.69 Å². The molecule has 0 spiro atoms.